The molecule has 2 heteroatoms. The second-order valence-electron chi connectivity index (χ2n) is 5.68. The maximum atomic E-state index is 5.90. The van der Waals surface area contributed by atoms with Gasteiger partial charge in [0.15, 0.2) is 0 Å². The molecule has 0 atom stereocenters. The number of rotatable bonds is 0. The molecule has 3 rings (SSSR count). The first-order valence-corrected chi connectivity index (χ1v) is 6.87. The molecule has 0 N–H and O–H groups in total. The third-order valence-corrected chi connectivity index (χ3v) is 3.94. The van der Waals surface area contributed by atoms with E-state index in [0.717, 1.165) is 15.6 Å². The summed E-state index contributed by atoms with van der Waals surface area (Å²) in [7, 11) is 0. The van der Waals surface area contributed by atoms with E-state index < -0.39 is 0 Å². The zero-order valence-electron chi connectivity index (χ0n) is 10.8. The molecule has 0 fully saturated rings. The van der Waals surface area contributed by atoms with Crippen LogP contribution in [0.4, 0.5) is 0 Å². The summed E-state index contributed by atoms with van der Waals surface area (Å²) >= 11 is 3.54. The van der Waals surface area contributed by atoms with E-state index in [-0.39, 0.29) is 5.41 Å². The highest BCUT2D eigenvalue weighted by atomic mass is 79.9. The van der Waals surface area contributed by atoms with Crippen LogP contribution in [0.25, 0.3) is 21.9 Å². The summed E-state index contributed by atoms with van der Waals surface area (Å²) in [6, 6.07) is 12.6. The van der Waals surface area contributed by atoms with Gasteiger partial charge in [0.2, 0.25) is 0 Å². The Labute approximate surface area is 115 Å². The minimum atomic E-state index is 0.157. The van der Waals surface area contributed by atoms with Crippen LogP contribution >= 0.6 is 15.9 Å². The molecule has 0 bridgehead atoms. The SMILES string of the molecule is CC(C)(C)c1ccc2oc3c(Br)cccc3c2c1. The fraction of sp³-hybridized carbons (Fsp3) is 0.250. The lowest BCUT2D eigenvalue weighted by molar-refractivity contribution is 0.590. The Morgan fingerprint density at radius 1 is 1.00 bits per heavy atom. The lowest BCUT2D eigenvalue weighted by atomic mass is 9.86. The predicted molar refractivity (Wildman–Crippen MR) is 80.1 cm³/mol. The van der Waals surface area contributed by atoms with E-state index in [1.54, 1.807) is 0 Å². The molecule has 1 aromatic heterocycles. The topological polar surface area (TPSA) is 13.1 Å². The second kappa shape index (κ2) is 3.86. The molecule has 3 aromatic rings. The van der Waals surface area contributed by atoms with E-state index in [9.17, 15) is 0 Å². The molecule has 0 radical (unpaired) electrons. The van der Waals surface area contributed by atoms with E-state index in [1.165, 1.54) is 16.3 Å². The van der Waals surface area contributed by atoms with E-state index in [2.05, 4.69) is 61.0 Å². The van der Waals surface area contributed by atoms with Gasteiger partial charge in [-0.3, -0.25) is 0 Å². The Kier molecular flexibility index (Phi) is 2.53. The molecule has 2 aromatic carbocycles. The normalized spacial score (nSPS) is 12.4. The highest BCUT2D eigenvalue weighted by Crippen LogP contribution is 2.35. The minimum absolute atomic E-state index is 0.157. The summed E-state index contributed by atoms with van der Waals surface area (Å²) in [5.74, 6) is 0. The van der Waals surface area contributed by atoms with Gasteiger partial charge in [-0.25, -0.2) is 0 Å². The van der Waals surface area contributed by atoms with Gasteiger partial charge >= 0.3 is 0 Å². The van der Waals surface area contributed by atoms with Gasteiger partial charge in [-0.1, -0.05) is 39.0 Å². The zero-order valence-corrected chi connectivity index (χ0v) is 12.3. The van der Waals surface area contributed by atoms with Gasteiger partial charge in [-0.15, -0.1) is 0 Å². The summed E-state index contributed by atoms with van der Waals surface area (Å²) in [4.78, 5) is 0. The monoisotopic (exact) mass is 302 g/mol. The summed E-state index contributed by atoms with van der Waals surface area (Å²) in [6.45, 7) is 6.69. The van der Waals surface area contributed by atoms with Crippen LogP contribution in [0.2, 0.25) is 0 Å². The Morgan fingerprint density at radius 3 is 2.50 bits per heavy atom. The smallest absolute Gasteiger partial charge is 0.149 e. The molecule has 0 amide bonds. The molecule has 0 aliphatic rings. The van der Waals surface area contributed by atoms with Gasteiger partial charge in [-0.2, -0.15) is 0 Å². The molecule has 92 valence electrons. The van der Waals surface area contributed by atoms with E-state index >= 15 is 0 Å². The highest BCUT2D eigenvalue weighted by Gasteiger charge is 2.16. The highest BCUT2D eigenvalue weighted by molar-refractivity contribution is 9.10. The number of hydrogen-bond acceptors (Lipinski definition) is 1. The van der Waals surface area contributed by atoms with Crippen LogP contribution in [0.1, 0.15) is 26.3 Å². The molecule has 0 aliphatic heterocycles. The van der Waals surface area contributed by atoms with Crippen molar-refractivity contribution in [3.05, 3.63) is 46.4 Å². The van der Waals surface area contributed by atoms with Crippen molar-refractivity contribution in [2.75, 3.05) is 0 Å². The number of para-hydroxylation sites is 1. The van der Waals surface area contributed by atoms with E-state index in [1.807, 2.05) is 12.1 Å². The van der Waals surface area contributed by atoms with Gasteiger partial charge in [0, 0.05) is 10.8 Å². The lowest BCUT2D eigenvalue weighted by Gasteiger charge is -2.18. The molecule has 0 spiro atoms. The molecule has 1 heterocycles. The van der Waals surface area contributed by atoms with Crippen LogP contribution in [0.5, 0.6) is 0 Å². The van der Waals surface area contributed by atoms with Gasteiger partial charge < -0.3 is 4.42 Å². The Hall–Kier alpha value is -1.28. The first-order valence-electron chi connectivity index (χ1n) is 6.08. The van der Waals surface area contributed by atoms with Crippen LogP contribution in [0, 0.1) is 0 Å². The summed E-state index contributed by atoms with van der Waals surface area (Å²) < 4.78 is 6.91. The van der Waals surface area contributed by atoms with Crippen LogP contribution in [0.15, 0.2) is 45.3 Å². The maximum absolute atomic E-state index is 5.90. The van der Waals surface area contributed by atoms with Crippen molar-refractivity contribution in [1.82, 2.24) is 0 Å². The van der Waals surface area contributed by atoms with E-state index in [4.69, 9.17) is 4.42 Å². The van der Waals surface area contributed by atoms with Gasteiger partial charge in [0.05, 0.1) is 4.47 Å². The van der Waals surface area contributed by atoms with Gasteiger partial charge in [0.25, 0.3) is 0 Å². The number of halogens is 1. The average molecular weight is 303 g/mol. The lowest BCUT2D eigenvalue weighted by Crippen LogP contribution is -2.10. The minimum Gasteiger partial charge on any atom is -0.455 e. The average Bonchev–Trinajstić information content (AvgIpc) is 2.67. The standard InChI is InChI=1S/C16H15BrO/c1-16(2,3)10-7-8-14-12(9-10)11-5-4-6-13(17)15(11)18-14/h4-9H,1-3H3. The van der Waals surface area contributed by atoms with Crippen LogP contribution in [-0.2, 0) is 5.41 Å². The van der Waals surface area contributed by atoms with Crippen molar-refractivity contribution in [2.24, 2.45) is 0 Å². The van der Waals surface area contributed by atoms with Crippen LogP contribution in [-0.4, -0.2) is 0 Å². The first-order chi connectivity index (χ1) is 8.47. The predicted octanol–water partition coefficient (Wildman–Crippen LogP) is 5.65. The number of fused-ring (bicyclic) bond motifs is 3. The first kappa shape index (κ1) is 11.8. The number of benzene rings is 2. The molecular formula is C16H15BrO. The fourth-order valence-corrected chi connectivity index (χ4v) is 2.68. The Balaban J connectivity index is 2.40. The van der Waals surface area contributed by atoms with Crippen molar-refractivity contribution in [2.45, 2.75) is 26.2 Å². The van der Waals surface area contributed by atoms with Gasteiger partial charge in [-0.05, 0) is 45.1 Å². The third-order valence-electron chi connectivity index (χ3n) is 3.31. The number of furan rings is 1. The summed E-state index contributed by atoms with van der Waals surface area (Å²) in [6.07, 6.45) is 0. The molecule has 0 saturated carbocycles. The molecule has 18 heavy (non-hydrogen) atoms. The van der Waals surface area contributed by atoms with Crippen LogP contribution < -0.4 is 0 Å². The largest absolute Gasteiger partial charge is 0.455 e. The fourth-order valence-electron chi connectivity index (χ4n) is 2.23. The second-order valence-corrected chi connectivity index (χ2v) is 6.53. The summed E-state index contributed by atoms with van der Waals surface area (Å²) in [5.41, 5.74) is 3.37. The van der Waals surface area contributed by atoms with Crippen molar-refractivity contribution < 1.29 is 4.42 Å². The van der Waals surface area contributed by atoms with Crippen molar-refractivity contribution in [3.63, 3.8) is 0 Å². The quantitative estimate of drug-likeness (QED) is 0.523. The molecule has 0 saturated heterocycles. The van der Waals surface area contributed by atoms with Gasteiger partial charge in [0.1, 0.15) is 11.2 Å². The number of hydrogen-bond donors (Lipinski definition) is 0. The Bertz CT molecular complexity index is 732. The molecule has 0 aliphatic carbocycles. The van der Waals surface area contributed by atoms with Crippen LogP contribution in [0.3, 0.4) is 0 Å². The van der Waals surface area contributed by atoms with Crippen molar-refractivity contribution >= 4 is 37.9 Å². The van der Waals surface area contributed by atoms with Crippen molar-refractivity contribution in [1.29, 1.82) is 0 Å². The Morgan fingerprint density at radius 2 is 1.78 bits per heavy atom. The molecule has 0 unspecified atom stereocenters. The van der Waals surface area contributed by atoms with Crippen molar-refractivity contribution in [3.8, 4) is 0 Å². The zero-order chi connectivity index (χ0) is 12.9. The molecular weight excluding hydrogens is 288 g/mol. The third kappa shape index (κ3) is 1.76. The van der Waals surface area contributed by atoms with E-state index in [0.29, 0.717) is 0 Å². The summed E-state index contributed by atoms with van der Waals surface area (Å²) in [5, 5.41) is 2.37. The maximum Gasteiger partial charge on any atom is 0.149 e. The molecule has 1 nitrogen and oxygen atoms in total.